The minimum atomic E-state index is -0.511. The van der Waals surface area contributed by atoms with Crippen LogP contribution in [0, 0.1) is 11.3 Å². The summed E-state index contributed by atoms with van der Waals surface area (Å²) in [6, 6.07) is 14.6. The van der Waals surface area contributed by atoms with Gasteiger partial charge >= 0.3 is 6.09 Å². The maximum Gasteiger partial charge on any atom is 0.410 e. The van der Waals surface area contributed by atoms with Crippen molar-refractivity contribution in [3.8, 4) is 16.5 Å². The van der Waals surface area contributed by atoms with Crippen LogP contribution in [0.3, 0.4) is 0 Å². The van der Waals surface area contributed by atoms with Crippen LogP contribution < -0.4 is 5.32 Å². The Bertz CT molecular complexity index is 1130. The lowest BCUT2D eigenvalue weighted by molar-refractivity contribution is 0.0206. The molecule has 0 saturated carbocycles. The van der Waals surface area contributed by atoms with Crippen molar-refractivity contribution < 1.29 is 9.53 Å². The molecule has 1 fully saturated rings. The van der Waals surface area contributed by atoms with Crippen molar-refractivity contribution in [1.29, 1.82) is 5.26 Å². The van der Waals surface area contributed by atoms with Gasteiger partial charge in [0.25, 0.3) is 0 Å². The lowest BCUT2D eigenvalue weighted by Crippen LogP contribution is -2.47. The van der Waals surface area contributed by atoms with E-state index in [-0.39, 0.29) is 12.1 Å². The van der Waals surface area contributed by atoms with Crippen LogP contribution in [-0.4, -0.2) is 40.7 Å². The number of nitrogens with zero attached hydrogens (tertiary/aromatic N) is 3. The van der Waals surface area contributed by atoms with Crippen LogP contribution in [-0.2, 0) is 4.74 Å². The topological polar surface area (TPSA) is 78.2 Å². The van der Waals surface area contributed by atoms with Gasteiger partial charge in [0.1, 0.15) is 17.5 Å². The highest BCUT2D eigenvalue weighted by atomic mass is 32.1. The van der Waals surface area contributed by atoms with Gasteiger partial charge in [-0.3, -0.25) is 0 Å². The number of hydrogen-bond donors (Lipinski definition) is 1. The number of likely N-dealkylation sites (tertiary alicyclic amines) is 1. The number of carbonyl (C=O) groups excluding carboxylic acids is 1. The fraction of sp³-hybridized carbons (Fsp3) is 0.375. The van der Waals surface area contributed by atoms with Gasteiger partial charge in [0.15, 0.2) is 0 Å². The molecule has 7 heteroatoms. The molecule has 2 aromatic heterocycles. The van der Waals surface area contributed by atoms with E-state index in [0.717, 1.165) is 39.2 Å². The quantitative estimate of drug-likeness (QED) is 0.577. The largest absolute Gasteiger partial charge is 0.444 e. The number of anilines is 1. The van der Waals surface area contributed by atoms with Crippen LogP contribution in [0.2, 0.25) is 0 Å². The number of benzene rings is 1. The molecule has 0 bridgehead atoms. The highest BCUT2D eigenvalue weighted by Gasteiger charge is 2.28. The van der Waals surface area contributed by atoms with Gasteiger partial charge in [-0.2, -0.15) is 5.26 Å². The molecule has 1 aliphatic heterocycles. The molecule has 3 heterocycles. The fourth-order valence-electron chi connectivity index (χ4n) is 3.74. The predicted octanol–water partition coefficient (Wildman–Crippen LogP) is 5.65. The monoisotopic (exact) mass is 434 g/mol. The summed E-state index contributed by atoms with van der Waals surface area (Å²) in [5, 5.41) is 14.0. The van der Waals surface area contributed by atoms with Gasteiger partial charge in [0, 0.05) is 35.6 Å². The van der Waals surface area contributed by atoms with E-state index in [9.17, 15) is 10.1 Å². The van der Waals surface area contributed by atoms with Crippen LogP contribution >= 0.6 is 11.3 Å². The van der Waals surface area contributed by atoms with Crippen molar-refractivity contribution in [3.05, 3.63) is 48.2 Å². The highest BCUT2D eigenvalue weighted by Crippen LogP contribution is 2.38. The number of thiophene rings is 1. The zero-order valence-electron chi connectivity index (χ0n) is 18.0. The molecule has 0 aliphatic carbocycles. The molecule has 4 rings (SSSR count). The number of fused-ring (bicyclic) bond motifs is 1. The number of nitrogens with one attached hydrogen (secondary N) is 1. The zero-order valence-corrected chi connectivity index (χ0v) is 18.8. The van der Waals surface area contributed by atoms with Gasteiger partial charge in [-0.05, 0) is 45.2 Å². The molecule has 1 N–H and O–H groups in total. The minimum absolute atomic E-state index is 0.0741. The fourth-order valence-corrected chi connectivity index (χ4v) is 4.87. The number of aromatic nitrogens is 1. The smallest absolute Gasteiger partial charge is 0.410 e. The number of nitriles is 1. The molecule has 1 saturated heterocycles. The molecule has 0 spiro atoms. The Labute approximate surface area is 186 Å². The van der Waals surface area contributed by atoms with Crippen molar-refractivity contribution in [1.82, 2.24) is 9.88 Å². The number of rotatable bonds is 3. The summed E-state index contributed by atoms with van der Waals surface area (Å²) >= 11 is 1.60. The molecule has 1 atom stereocenters. The van der Waals surface area contributed by atoms with Crippen molar-refractivity contribution in [3.63, 3.8) is 0 Å². The van der Waals surface area contributed by atoms with Gasteiger partial charge in [-0.1, -0.05) is 30.3 Å². The van der Waals surface area contributed by atoms with Crippen LogP contribution in [0.1, 0.15) is 39.2 Å². The van der Waals surface area contributed by atoms with Crippen LogP contribution in [0.5, 0.6) is 0 Å². The molecule has 160 valence electrons. The molecule has 3 aromatic rings. The van der Waals surface area contributed by atoms with Crippen molar-refractivity contribution in [2.75, 3.05) is 18.4 Å². The van der Waals surface area contributed by atoms with Gasteiger partial charge in [-0.15, -0.1) is 11.3 Å². The van der Waals surface area contributed by atoms with E-state index >= 15 is 0 Å². The Morgan fingerprint density at radius 3 is 2.81 bits per heavy atom. The van der Waals surface area contributed by atoms with Crippen molar-refractivity contribution in [2.24, 2.45) is 0 Å². The molecular formula is C24H26N4O2S. The first-order valence-corrected chi connectivity index (χ1v) is 11.3. The Hall–Kier alpha value is -3.11. The number of piperidine rings is 1. The SMILES string of the molecule is CC(C)(C)OC(=O)N1CCC[C@H](Nc2ncc(C#N)c3sc(-c4ccccc4)cc23)C1. The molecule has 0 radical (unpaired) electrons. The van der Waals surface area contributed by atoms with Gasteiger partial charge in [0.2, 0.25) is 0 Å². The number of hydrogen-bond acceptors (Lipinski definition) is 6. The number of ether oxygens (including phenoxy) is 1. The summed E-state index contributed by atoms with van der Waals surface area (Å²) in [6.45, 7) is 6.89. The van der Waals surface area contributed by atoms with E-state index in [1.807, 2.05) is 39.0 Å². The average molecular weight is 435 g/mol. The normalized spacial score (nSPS) is 16.7. The second-order valence-corrected chi connectivity index (χ2v) is 9.81. The predicted molar refractivity (Wildman–Crippen MR) is 124 cm³/mol. The summed E-state index contributed by atoms with van der Waals surface area (Å²) in [4.78, 5) is 19.9. The summed E-state index contributed by atoms with van der Waals surface area (Å²) in [5.74, 6) is 0.753. The Balaban J connectivity index is 1.59. The second-order valence-electron chi connectivity index (χ2n) is 8.76. The van der Waals surface area contributed by atoms with E-state index < -0.39 is 5.60 Å². The second kappa shape index (κ2) is 8.56. The average Bonchev–Trinajstić information content (AvgIpc) is 3.20. The molecule has 0 unspecified atom stereocenters. The van der Waals surface area contributed by atoms with Crippen molar-refractivity contribution >= 4 is 33.3 Å². The maximum atomic E-state index is 12.5. The number of pyridine rings is 1. The Kier molecular flexibility index (Phi) is 5.84. The summed E-state index contributed by atoms with van der Waals surface area (Å²) in [7, 11) is 0. The summed E-state index contributed by atoms with van der Waals surface area (Å²) < 4.78 is 6.47. The molecule has 1 aliphatic rings. The molecule has 1 amide bonds. The van der Waals surface area contributed by atoms with Crippen LogP contribution in [0.15, 0.2) is 42.6 Å². The molecular weight excluding hydrogens is 408 g/mol. The molecule has 6 nitrogen and oxygen atoms in total. The Morgan fingerprint density at radius 1 is 1.32 bits per heavy atom. The lowest BCUT2D eigenvalue weighted by Gasteiger charge is -2.34. The van der Waals surface area contributed by atoms with E-state index in [2.05, 4.69) is 34.6 Å². The van der Waals surface area contributed by atoms with Gasteiger partial charge in [0.05, 0.1) is 10.3 Å². The van der Waals surface area contributed by atoms with Gasteiger partial charge < -0.3 is 15.0 Å². The van der Waals surface area contributed by atoms with Crippen molar-refractivity contribution in [2.45, 2.75) is 45.3 Å². The minimum Gasteiger partial charge on any atom is -0.444 e. The number of carbonyl (C=O) groups is 1. The Morgan fingerprint density at radius 2 is 2.10 bits per heavy atom. The maximum absolute atomic E-state index is 12.5. The first kappa shape index (κ1) is 21.1. The van der Waals surface area contributed by atoms with E-state index in [1.54, 1.807) is 22.4 Å². The first-order valence-electron chi connectivity index (χ1n) is 10.5. The summed E-state index contributed by atoms with van der Waals surface area (Å²) in [5.41, 5.74) is 1.18. The van der Waals surface area contributed by atoms with E-state index in [4.69, 9.17) is 4.74 Å². The third kappa shape index (κ3) is 4.80. The highest BCUT2D eigenvalue weighted by molar-refractivity contribution is 7.22. The van der Waals surface area contributed by atoms with Gasteiger partial charge in [-0.25, -0.2) is 9.78 Å². The third-order valence-corrected chi connectivity index (χ3v) is 6.36. The molecule has 31 heavy (non-hydrogen) atoms. The number of amides is 1. The van der Waals surface area contributed by atoms with Crippen LogP contribution in [0.4, 0.5) is 10.6 Å². The lowest BCUT2D eigenvalue weighted by atomic mass is 10.1. The third-order valence-electron chi connectivity index (χ3n) is 5.15. The zero-order chi connectivity index (χ0) is 22.0. The first-order chi connectivity index (χ1) is 14.8. The molecule has 1 aromatic carbocycles. The van der Waals surface area contributed by atoms with E-state index in [0.29, 0.717) is 18.7 Å². The summed E-state index contributed by atoms with van der Waals surface area (Å²) in [6.07, 6.45) is 3.19. The van der Waals surface area contributed by atoms with E-state index in [1.165, 1.54) is 0 Å². The standard InChI is InChI=1S/C24H26N4O2S/c1-24(2,3)30-23(29)28-11-7-10-18(15-28)27-22-19-12-20(16-8-5-4-6-9-16)31-21(19)17(13-25)14-26-22/h4-6,8-9,12,14,18H,7,10-11,15H2,1-3H3,(H,26,27)/t18-/m0/s1. The van der Waals surface area contributed by atoms with Crippen LogP contribution in [0.25, 0.3) is 20.5 Å².